The summed E-state index contributed by atoms with van der Waals surface area (Å²) in [5, 5.41) is 11.9. The Morgan fingerprint density at radius 3 is 1.13 bits per heavy atom. The fourth-order valence-corrected chi connectivity index (χ4v) is 8.26. The highest BCUT2D eigenvalue weighted by Gasteiger charge is 2.45. The van der Waals surface area contributed by atoms with Crippen molar-refractivity contribution in [2.24, 2.45) is 11.8 Å². The highest BCUT2D eigenvalue weighted by atomic mass is 16.5. The average Bonchev–Trinajstić information content (AvgIpc) is 3.72. The monoisotopic (exact) mass is 950 g/mol. The van der Waals surface area contributed by atoms with E-state index in [0.29, 0.717) is 70.5 Å². The lowest BCUT2D eigenvalue weighted by atomic mass is 9.98. The summed E-state index contributed by atoms with van der Waals surface area (Å²) in [4.78, 5) is 80.0. The molecule has 2 aliphatic rings. The van der Waals surface area contributed by atoms with Crippen LogP contribution in [-0.4, -0.2) is 72.7 Å². The molecular formula is C56H58N2O12. The molecule has 364 valence electrons. The van der Waals surface area contributed by atoms with Crippen LogP contribution >= 0.6 is 0 Å². The van der Waals surface area contributed by atoms with Gasteiger partial charge in [-0.3, -0.25) is 28.8 Å². The molecule has 6 aromatic carbocycles. The Hall–Kier alpha value is -7.74. The number of rotatable bonds is 17. The summed E-state index contributed by atoms with van der Waals surface area (Å²) in [7, 11) is 0. The topological polar surface area (TPSA) is 175 Å². The number of carbonyl (C=O) groups is 6. The van der Waals surface area contributed by atoms with Gasteiger partial charge in [-0.2, -0.15) is 0 Å². The van der Waals surface area contributed by atoms with Gasteiger partial charge in [0.25, 0.3) is 23.6 Å². The van der Waals surface area contributed by atoms with Crippen molar-refractivity contribution in [1.29, 1.82) is 0 Å². The molecule has 0 bridgehead atoms. The molecule has 0 atom stereocenters. The van der Waals surface area contributed by atoms with Crippen LogP contribution in [0, 0.1) is 11.8 Å². The highest BCUT2D eigenvalue weighted by Crippen LogP contribution is 2.48. The molecule has 6 aromatic rings. The quantitative estimate of drug-likeness (QED) is 0.0677. The van der Waals surface area contributed by atoms with Gasteiger partial charge in [0.05, 0.1) is 78.5 Å². The molecule has 0 unspecified atom stereocenters. The number of benzene rings is 6. The molecule has 0 radical (unpaired) electrons. The Kier molecular flexibility index (Phi) is 15.2. The first kappa shape index (κ1) is 50.1. The third kappa shape index (κ3) is 10.3. The molecule has 0 aromatic heterocycles. The molecule has 2 heterocycles. The summed E-state index contributed by atoms with van der Waals surface area (Å²) >= 11 is 0. The van der Waals surface area contributed by atoms with E-state index in [1.54, 1.807) is 55.5 Å². The molecule has 0 saturated carbocycles. The normalized spacial score (nSPS) is 13.1. The summed E-state index contributed by atoms with van der Waals surface area (Å²) in [5.74, 6) is -1.27. The van der Waals surface area contributed by atoms with E-state index in [2.05, 4.69) is 0 Å². The SMILES string of the molecule is CC(C)COc1c2c(c(OC(C)C)c3ccccc13)C(=O)N(c1ccc(CC(=O)O)cc1)C2=O.CCOC(=O)Cc1ccc(N2C(=O)c3c(c(OC(C)C)c4ccccc4c3OCC(C)C)C2=O)cc1. The van der Waals surface area contributed by atoms with E-state index in [1.807, 2.05) is 104 Å². The Labute approximate surface area is 407 Å². The average molecular weight is 951 g/mol. The minimum atomic E-state index is -0.956. The van der Waals surface area contributed by atoms with E-state index >= 15 is 0 Å². The van der Waals surface area contributed by atoms with E-state index < -0.39 is 29.6 Å². The van der Waals surface area contributed by atoms with Crippen LogP contribution in [0.2, 0.25) is 0 Å². The number of ether oxygens (including phenoxy) is 5. The second-order valence-electron chi connectivity index (χ2n) is 18.4. The smallest absolute Gasteiger partial charge is 0.310 e. The van der Waals surface area contributed by atoms with E-state index in [9.17, 15) is 28.8 Å². The molecule has 1 N–H and O–H groups in total. The second kappa shape index (κ2) is 21.3. The molecular weight excluding hydrogens is 893 g/mol. The number of fused-ring (bicyclic) bond motifs is 4. The molecule has 14 nitrogen and oxygen atoms in total. The van der Waals surface area contributed by atoms with Crippen molar-refractivity contribution in [3.05, 3.63) is 130 Å². The number of esters is 1. The van der Waals surface area contributed by atoms with Gasteiger partial charge in [0.2, 0.25) is 0 Å². The first-order chi connectivity index (χ1) is 33.4. The third-order valence-corrected chi connectivity index (χ3v) is 11.1. The summed E-state index contributed by atoms with van der Waals surface area (Å²) in [6.07, 6.45) is -0.463. The second-order valence-corrected chi connectivity index (χ2v) is 18.4. The zero-order chi connectivity index (χ0) is 50.6. The Morgan fingerprint density at radius 2 is 0.814 bits per heavy atom. The third-order valence-electron chi connectivity index (χ3n) is 11.1. The van der Waals surface area contributed by atoms with E-state index in [0.717, 1.165) is 26.1 Å². The lowest BCUT2D eigenvalue weighted by Gasteiger charge is -2.19. The van der Waals surface area contributed by atoms with Crippen molar-refractivity contribution in [3.8, 4) is 23.0 Å². The summed E-state index contributed by atoms with van der Waals surface area (Å²) < 4.78 is 29.5. The summed E-state index contributed by atoms with van der Waals surface area (Å²) in [5.41, 5.74) is 2.86. The Balaban J connectivity index is 0.000000207. The van der Waals surface area contributed by atoms with Crippen LogP contribution in [0.1, 0.15) is 115 Å². The minimum absolute atomic E-state index is 0.112. The van der Waals surface area contributed by atoms with Gasteiger partial charge < -0.3 is 28.8 Å². The van der Waals surface area contributed by atoms with Gasteiger partial charge in [-0.25, -0.2) is 9.80 Å². The molecule has 8 rings (SSSR count). The first-order valence-corrected chi connectivity index (χ1v) is 23.5. The number of imide groups is 2. The minimum Gasteiger partial charge on any atom is -0.492 e. The number of aliphatic carboxylic acids is 1. The number of hydrogen-bond donors (Lipinski definition) is 1. The van der Waals surface area contributed by atoms with Crippen LogP contribution in [0.4, 0.5) is 11.4 Å². The van der Waals surface area contributed by atoms with E-state index in [-0.39, 0.29) is 65.1 Å². The standard InChI is InChI=1S/C29H31NO6.C27H27NO6/c1-6-34-23(31)15-19-11-13-20(14-12-19)30-28(32)24-25(29(30)33)27(36-18(4)5)22-10-8-7-9-21(22)26(24)35-16-17(2)3;1-15(2)14-33-24-19-7-5-6-8-20(19)25(34-16(3)4)23-22(24)26(31)28(27(23)32)18-11-9-17(10-12-18)13-21(29)30/h7-14,17-18H,6,15-16H2,1-5H3;5-12,15-16H,13-14H2,1-4H3,(H,29,30). The van der Waals surface area contributed by atoms with Crippen LogP contribution in [0.15, 0.2) is 97.1 Å². The van der Waals surface area contributed by atoms with E-state index in [4.69, 9.17) is 28.8 Å². The number of carbonyl (C=O) groups excluding carboxylic acids is 5. The maximum absolute atomic E-state index is 13.8. The molecule has 0 fully saturated rings. The molecule has 0 saturated heterocycles. The summed E-state index contributed by atoms with van der Waals surface area (Å²) in [6, 6.07) is 28.0. The van der Waals surface area contributed by atoms with Gasteiger partial charge in [-0.1, -0.05) is 100 Å². The van der Waals surface area contributed by atoms with Crippen LogP contribution in [0.5, 0.6) is 23.0 Å². The highest BCUT2D eigenvalue weighted by molar-refractivity contribution is 6.39. The van der Waals surface area contributed by atoms with Crippen LogP contribution in [0.25, 0.3) is 21.5 Å². The van der Waals surface area contributed by atoms with Gasteiger partial charge in [0.15, 0.2) is 0 Å². The predicted octanol–water partition coefficient (Wildman–Crippen LogP) is 10.7. The van der Waals surface area contributed by atoms with Gasteiger partial charge in [-0.05, 0) is 81.8 Å². The van der Waals surface area contributed by atoms with Crippen LogP contribution < -0.4 is 28.7 Å². The van der Waals surface area contributed by atoms with Crippen molar-refractivity contribution in [3.63, 3.8) is 0 Å². The number of hydrogen-bond acceptors (Lipinski definition) is 11. The van der Waals surface area contributed by atoms with Gasteiger partial charge >= 0.3 is 11.9 Å². The molecule has 2 aliphatic heterocycles. The van der Waals surface area contributed by atoms with Crippen molar-refractivity contribution in [1.82, 2.24) is 0 Å². The lowest BCUT2D eigenvalue weighted by molar-refractivity contribution is -0.142. The zero-order valence-corrected chi connectivity index (χ0v) is 40.9. The van der Waals surface area contributed by atoms with Crippen LogP contribution in [-0.2, 0) is 27.2 Å². The molecule has 0 spiro atoms. The number of nitrogens with zero attached hydrogens (tertiary/aromatic N) is 2. The predicted molar refractivity (Wildman–Crippen MR) is 267 cm³/mol. The molecule has 0 aliphatic carbocycles. The number of anilines is 2. The number of carboxylic acids is 1. The number of carboxylic acid groups (broad SMARTS) is 1. The maximum atomic E-state index is 13.8. The van der Waals surface area contributed by atoms with Gasteiger partial charge in [-0.15, -0.1) is 0 Å². The molecule has 70 heavy (non-hydrogen) atoms. The largest absolute Gasteiger partial charge is 0.492 e. The van der Waals surface area contributed by atoms with Crippen molar-refractivity contribution in [2.75, 3.05) is 29.6 Å². The van der Waals surface area contributed by atoms with E-state index in [1.165, 1.54) is 0 Å². The lowest BCUT2D eigenvalue weighted by Crippen LogP contribution is -2.29. The Morgan fingerprint density at radius 1 is 0.486 bits per heavy atom. The molecule has 14 heteroatoms. The molecule has 4 amide bonds. The van der Waals surface area contributed by atoms with Crippen molar-refractivity contribution < 1.29 is 57.6 Å². The first-order valence-electron chi connectivity index (χ1n) is 23.5. The fraction of sp³-hybridized carbons (Fsp3) is 0.321. The Bertz CT molecular complexity index is 2990. The van der Waals surface area contributed by atoms with Crippen molar-refractivity contribution >= 4 is 68.5 Å². The van der Waals surface area contributed by atoms with Gasteiger partial charge in [0, 0.05) is 21.5 Å². The maximum Gasteiger partial charge on any atom is 0.310 e. The summed E-state index contributed by atoms with van der Waals surface area (Å²) in [6.45, 7) is 18.4. The zero-order valence-electron chi connectivity index (χ0n) is 40.9. The van der Waals surface area contributed by atoms with Gasteiger partial charge in [0.1, 0.15) is 23.0 Å². The van der Waals surface area contributed by atoms with Crippen LogP contribution in [0.3, 0.4) is 0 Å². The van der Waals surface area contributed by atoms with Crippen molar-refractivity contribution in [2.45, 2.75) is 87.4 Å². The fourth-order valence-electron chi connectivity index (χ4n) is 8.26. The number of amides is 4.